The normalized spacial score (nSPS) is 22.6. The van der Waals surface area contributed by atoms with E-state index in [9.17, 15) is 8.78 Å². The third-order valence-corrected chi connectivity index (χ3v) is 5.37. The minimum atomic E-state index is -0.573. The van der Waals surface area contributed by atoms with Crippen LogP contribution in [0.2, 0.25) is 0 Å². The summed E-state index contributed by atoms with van der Waals surface area (Å²) in [5.74, 6) is 12.8. The molecule has 3 aliphatic heterocycles. The van der Waals surface area contributed by atoms with Crippen LogP contribution < -0.4 is 10.7 Å². The average Bonchev–Trinajstić information content (AvgIpc) is 3.41. The molecule has 10 heteroatoms. The lowest BCUT2D eigenvalue weighted by molar-refractivity contribution is -0.803. The third-order valence-electron chi connectivity index (χ3n) is 5.37. The standard InChI is InChI=1S/C22H20F2N7O/c23-16-5-6-19(18(24)13-16)30-10-8-29(9-11-30)7-1-3-17-15-31(25)21(14-26-17)27-22(28-31)20-4-2-12-32-20/h2,4-6,12-15H,7-11,25H2/q+1. The fourth-order valence-electron chi connectivity index (χ4n) is 3.68. The van der Waals surface area contributed by atoms with E-state index in [1.54, 1.807) is 30.8 Å². The zero-order chi connectivity index (χ0) is 22.1. The predicted octanol–water partition coefficient (Wildman–Crippen LogP) is 2.07. The Morgan fingerprint density at radius 2 is 2.00 bits per heavy atom. The number of nitrogens with zero attached hydrogens (tertiary/aromatic N) is 6. The molecule has 162 valence electrons. The van der Waals surface area contributed by atoms with E-state index in [0.717, 1.165) is 19.2 Å². The van der Waals surface area contributed by atoms with E-state index in [4.69, 9.17) is 10.3 Å². The molecule has 1 atom stereocenters. The van der Waals surface area contributed by atoms with Crippen LogP contribution in [0.25, 0.3) is 0 Å². The van der Waals surface area contributed by atoms with Gasteiger partial charge in [-0.2, -0.15) is 4.99 Å². The second kappa shape index (κ2) is 8.12. The number of nitrogens with two attached hydrogens (primary N) is 1. The van der Waals surface area contributed by atoms with E-state index < -0.39 is 11.6 Å². The van der Waals surface area contributed by atoms with Gasteiger partial charge >= 0.3 is 0 Å². The number of benzene rings is 1. The number of aliphatic imine (C=N–C) groups is 2. The van der Waals surface area contributed by atoms with Gasteiger partial charge in [0.2, 0.25) is 0 Å². The van der Waals surface area contributed by atoms with Gasteiger partial charge in [0.25, 0.3) is 11.7 Å². The molecule has 0 amide bonds. The van der Waals surface area contributed by atoms with Crippen LogP contribution in [0.15, 0.2) is 68.0 Å². The molecule has 1 fully saturated rings. The fourth-order valence-corrected chi connectivity index (χ4v) is 3.68. The largest absolute Gasteiger partial charge is 0.461 e. The number of quaternary nitrogens is 1. The van der Waals surface area contributed by atoms with Crippen molar-refractivity contribution in [2.24, 2.45) is 20.9 Å². The summed E-state index contributed by atoms with van der Waals surface area (Å²) in [6.07, 6.45) is 4.74. The number of fused-ring (bicyclic) bond motifs is 1. The molecule has 0 saturated carbocycles. The van der Waals surface area contributed by atoms with Gasteiger partial charge in [0.05, 0.1) is 18.5 Å². The van der Waals surface area contributed by atoms with Crippen molar-refractivity contribution in [3.8, 4) is 11.8 Å². The van der Waals surface area contributed by atoms with Gasteiger partial charge in [-0.05, 0) is 40.0 Å². The Morgan fingerprint density at radius 1 is 1.16 bits per heavy atom. The van der Waals surface area contributed by atoms with Crippen LogP contribution in [-0.2, 0) is 0 Å². The Kier molecular flexibility index (Phi) is 5.14. The molecule has 1 aromatic carbocycles. The number of anilines is 1. The topological polar surface area (TPSA) is 82.7 Å². The Balaban J connectivity index is 1.20. The highest BCUT2D eigenvalue weighted by atomic mass is 19.1. The number of hydrogen-bond donors (Lipinski definition) is 1. The number of rotatable bonds is 3. The highest BCUT2D eigenvalue weighted by molar-refractivity contribution is 6.31. The van der Waals surface area contributed by atoms with Crippen LogP contribution in [0.4, 0.5) is 14.5 Å². The summed E-state index contributed by atoms with van der Waals surface area (Å²) in [7, 11) is 0. The number of piperazine rings is 1. The first-order chi connectivity index (χ1) is 15.5. The Hall–Kier alpha value is -3.65. The van der Waals surface area contributed by atoms with Crippen LogP contribution >= 0.6 is 0 Å². The SMILES string of the molecule is N[N+]12C=C(C#CCN3CCN(c4ccc(F)cc4F)CC3)N=CC1=NC(c1ccco1)=N2. The van der Waals surface area contributed by atoms with Crippen molar-refractivity contribution in [3.63, 3.8) is 0 Å². The summed E-state index contributed by atoms with van der Waals surface area (Å²) in [5.41, 5.74) is 0.927. The first kappa shape index (κ1) is 20.3. The zero-order valence-electron chi connectivity index (χ0n) is 17.1. The number of allylic oxidation sites excluding steroid dienone is 1. The van der Waals surface area contributed by atoms with Crippen LogP contribution in [-0.4, -0.2) is 60.2 Å². The molecule has 0 bridgehead atoms. The quantitative estimate of drug-likeness (QED) is 0.454. The van der Waals surface area contributed by atoms with Gasteiger partial charge < -0.3 is 9.32 Å². The maximum Gasteiger partial charge on any atom is 0.300 e. The minimum absolute atomic E-state index is 0.356. The molecule has 3 aliphatic rings. The molecule has 1 saturated heterocycles. The molecule has 5 rings (SSSR count). The van der Waals surface area contributed by atoms with Crippen molar-refractivity contribution < 1.29 is 17.9 Å². The Labute approximate surface area is 183 Å². The Morgan fingerprint density at radius 3 is 2.75 bits per heavy atom. The molecule has 0 aliphatic carbocycles. The molecule has 0 spiro atoms. The highest BCUT2D eigenvalue weighted by Gasteiger charge is 2.39. The molecule has 4 heterocycles. The molecule has 1 aromatic heterocycles. The number of furan rings is 1. The van der Waals surface area contributed by atoms with Gasteiger partial charge in [0, 0.05) is 32.2 Å². The van der Waals surface area contributed by atoms with Crippen LogP contribution in [0.5, 0.6) is 0 Å². The Bertz CT molecular complexity index is 1210. The van der Waals surface area contributed by atoms with Gasteiger partial charge in [-0.25, -0.2) is 13.8 Å². The predicted molar refractivity (Wildman–Crippen MR) is 116 cm³/mol. The van der Waals surface area contributed by atoms with E-state index in [0.29, 0.717) is 48.5 Å². The van der Waals surface area contributed by atoms with Crippen molar-refractivity contribution in [2.75, 3.05) is 37.6 Å². The van der Waals surface area contributed by atoms with E-state index >= 15 is 0 Å². The summed E-state index contributed by atoms with van der Waals surface area (Å²) in [6, 6.07) is 7.19. The van der Waals surface area contributed by atoms with E-state index in [1.807, 2.05) is 4.90 Å². The van der Waals surface area contributed by atoms with Gasteiger partial charge in [-0.15, -0.1) is 5.84 Å². The van der Waals surface area contributed by atoms with E-state index in [-0.39, 0.29) is 4.70 Å². The van der Waals surface area contributed by atoms with Gasteiger partial charge in [-0.1, -0.05) is 5.92 Å². The fraction of sp³-hybridized carbons (Fsp3) is 0.227. The first-order valence-corrected chi connectivity index (χ1v) is 10.1. The van der Waals surface area contributed by atoms with Crippen molar-refractivity contribution in [1.29, 1.82) is 0 Å². The van der Waals surface area contributed by atoms with Gasteiger partial charge in [0.15, 0.2) is 17.7 Å². The summed E-state index contributed by atoms with van der Waals surface area (Å²) in [6.45, 7) is 3.26. The zero-order valence-corrected chi connectivity index (χ0v) is 17.1. The second-order valence-electron chi connectivity index (χ2n) is 7.54. The number of halogens is 2. The molecule has 8 nitrogen and oxygen atoms in total. The average molecular weight is 436 g/mol. The molecule has 2 aromatic rings. The number of amidine groups is 2. The van der Waals surface area contributed by atoms with Crippen molar-refractivity contribution in [1.82, 2.24) is 4.90 Å². The molecule has 2 N–H and O–H groups in total. The molecule has 0 radical (unpaired) electrons. The van der Waals surface area contributed by atoms with Crippen LogP contribution in [0.1, 0.15) is 5.76 Å². The van der Waals surface area contributed by atoms with E-state index in [1.165, 1.54) is 12.1 Å². The van der Waals surface area contributed by atoms with Gasteiger partial charge in [0.1, 0.15) is 17.8 Å². The molecule has 32 heavy (non-hydrogen) atoms. The van der Waals surface area contributed by atoms with E-state index in [2.05, 4.69) is 31.8 Å². The molecule has 1 unspecified atom stereocenters. The molecular weight excluding hydrogens is 416 g/mol. The highest BCUT2D eigenvalue weighted by Crippen LogP contribution is 2.22. The smallest absolute Gasteiger partial charge is 0.300 e. The monoisotopic (exact) mass is 436 g/mol. The summed E-state index contributed by atoms with van der Waals surface area (Å²) < 4.78 is 32.1. The third kappa shape index (κ3) is 3.97. The second-order valence-corrected chi connectivity index (χ2v) is 7.54. The van der Waals surface area contributed by atoms with Crippen LogP contribution in [0, 0.1) is 23.5 Å². The summed E-state index contributed by atoms with van der Waals surface area (Å²) >= 11 is 0. The van der Waals surface area contributed by atoms with Crippen molar-refractivity contribution >= 4 is 23.6 Å². The molecular formula is C22H20F2N7O+. The summed E-state index contributed by atoms with van der Waals surface area (Å²) in [5, 5.41) is 4.41. The summed E-state index contributed by atoms with van der Waals surface area (Å²) in [4.78, 5) is 12.8. The minimum Gasteiger partial charge on any atom is -0.461 e. The first-order valence-electron chi connectivity index (χ1n) is 10.1. The van der Waals surface area contributed by atoms with Crippen molar-refractivity contribution in [3.05, 3.63) is 65.9 Å². The van der Waals surface area contributed by atoms with Gasteiger partial charge in [-0.3, -0.25) is 4.90 Å². The lowest BCUT2D eigenvalue weighted by atomic mass is 10.2. The van der Waals surface area contributed by atoms with Crippen LogP contribution in [0.3, 0.4) is 0 Å². The maximum atomic E-state index is 14.0. The number of hydrogen-bond acceptors (Lipinski definition) is 7. The lowest BCUT2D eigenvalue weighted by Gasteiger charge is -2.35. The lowest BCUT2D eigenvalue weighted by Crippen LogP contribution is -2.50. The maximum absolute atomic E-state index is 14.0. The van der Waals surface area contributed by atoms with Crippen molar-refractivity contribution in [2.45, 2.75) is 0 Å².